The molecule has 102 valence electrons. The van der Waals surface area contributed by atoms with Crippen LogP contribution in [0.25, 0.3) is 0 Å². The van der Waals surface area contributed by atoms with Crippen molar-refractivity contribution in [3.05, 3.63) is 41.6 Å². The smallest absolute Gasteiger partial charge is 0.419 e. The minimum Gasteiger partial charge on any atom is -0.467 e. The van der Waals surface area contributed by atoms with E-state index in [-0.39, 0.29) is 17.9 Å². The van der Waals surface area contributed by atoms with Gasteiger partial charge in [-0.15, -0.1) is 0 Å². The van der Waals surface area contributed by atoms with Gasteiger partial charge >= 0.3 is 6.18 Å². The third-order valence-corrected chi connectivity index (χ3v) is 2.33. The minimum atomic E-state index is -4.44. The Morgan fingerprint density at radius 1 is 1.53 bits per heavy atom. The molecule has 19 heavy (non-hydrogen) atoms. The zero-order chi connectivity index (χ0) is 14.0. The van der Waals surface area contributed by atoms with Gasteiger partial charge in [0.1, 0.15) is 12.0 Å². The first-order chi connectivity index (χ1) is 8.90. The Morgan fingerprint density at radius 3 is 2.84 bits per heavy atom. The van der Waals surface area contributed by atoms with Gasteiger partial charge in [0.05, 0.1) is 23.9 Å². The molecule has 0 spiro atoms. The number of halogens is 3. The van der Waals surface area contributed by atoms with Crippen LogP contribution >= 0.6 is 0 Å². The summed E-state index contributed by atoms with van der Waals surface area (Å²) in [6.07, 6.45) is -1.71. The topological polar surface area (TPSA) is 86.1 Å². The Kier molecular flexibility index (Phi) is 3.30. The molecule has 0 aliphatic carbocycles. The number of nitrogens with two attached hydrogens (primary N) is 1. The van der Waals surface area contributed by atoms with Crippen LogP contribution in [0.15, 0.2) is 29.1 Å². The van der Waals surface area contributed by atoms with Crippen molar-refractivity contribution in [2.75, 3.05) is 0 Å². The van der Waals surface area contributed by atoms with Gasteiger partial charge < -0.3 is 4.42 Å². The number of carbonyl (C=O) groups is 1. The maximum absolute atomic E-state index is 12.4. The van der Waals surface area contributed by atoms with E-state index in [1.165, 1.54) is 6.07 Å². The van der Waals surface area contributed by atoms with Crippen molar-refractivity contribution in [2.45, 2.75) is 12.7 Å². The van der Waals surface area contributed by atoms with Crippen LogP contribution in [0.4, 0.5) is 13.2 Å². The number of nitrogen functional groups attached to an aromatic ring is 1. The van der Waals surface area contributed by atoms with E-state index in [1.54, 1.807) is 0 Å². The molecule has 2 aromatic rings. The Bertz CT molecular complexity index is 588. The molecule has 1 amide bonds. The summed E-state index contributed by atoms with van der Waals surface area (Å²) in [6.45, 7) is -0.0199. The molecule has 3 N–H and O–H groups in total. The number of carbonyl (C=O) groups excluding carboxylic acids is 1. The fourth-order valence-electron chi connectivity index (χ4n) is 1.42. The molecule has 0 saturated heterocycles. The molecule has 2 rings (SSSR count). The quantitative estimate of drug-likeness (QED) is 0.499. The van der Waals surface area contributed by atoms with Crippen LogP contribution in [0.3, 0.4) is 0 Å². The number of alkyl halides is 3. The van der Waals surface area contributed by atoms with Crippen LogP contribution < -0.4 is 11.3 Å². The lowest BCUT2D eigenvalue weighted by Gasteiger charge is -2.00. The Balaban J connectivity index is 2.11. The van der Waals surface area contributed by atoms with Crippen LogP contribution in [0, 0.1) is 0 Å². The van der Waals surface area contributed by atoms with Crippen LogP contribution in [-0.2, 0) is 12.7 Å². The van der Waals surface area contributed by atoms with Gasteiger partial charge in [-0.2, -0.15) is 18.3 Å². The van der Waals surface area contributed by atoms with Gasteiger partial charge in [-0.05, 0) is 6.07 Å². The van der Waals surface area contributed by atoms with Gasteiger partial charge in [0, 0.05) is 6.20 Å². The van der Waals surface area contributed by atoms with Gasteiger partial charge in [0.15, 0.2) is 0 Å². The maximum Gasteiger partial charge on any atom is 0.419 e. The summed E-state index contributed by atoms with van der Waals surface area (Å²) >= 11 is 0. The number of amides is 1. The molecule has 2 heterocycles. The zero-order valence-electron chi connectivity index (χ0n) is 9.44. The number of aromatic nitrogens is 2. The van der Waals surface area contributed by atoms with Crippen molar-refractivity contribution in [1.82, 2.24) is 15.2 Å². The summed E-state index contributed by atoms with van der Waals surface area (Å²) in [7, 11) is 0. The summed E-state index contributed by atoms with van der Waals surface area (Å²) in [6, 6.07) is 1.37. The maximum atomic E-state index is 12.4. The Morgan fingerprint density at radius 2 is 2.26 bits per heavy atom. The molecule has 0 aliphatic heterocycles. The molecule has 6 nitrogen and oxygen atoms in total. The first-order valence-corrected chi connectivity index (χ1v) is 5.08. The van der Waals surface area contributed by atoms with E-state index in [1.807, 2.05) is 5.43 Å². The van der Waals surface area contributed by atoms with Gasteiger partial charge in [0.25, 0.3) is 5.91 Å². The summed E-state index contributed by atoms with van der Waals surface area (Å²) in [5.74, 6) is 4.67. The first-order valence-electron chi connectivity index (χ1n) is 5.08. The standard InChI is InChI=1S/C10H9F3N4O2/c11-10(12,13)7-2-15-17(3-7)4-8-1-6(5-19-8)9(18)16-14/h1-3,5H,4,14H2,(H,16,18). The molecule has 0 unspecified atom stereocenters. The molecule has 2 aromatic heterocycles. The summed E-state index contributed by atoms with van der Waals surface area (Å²) in [4.78, 5) is 11.1. The number of hydrogen-bond acceptors (Lipinski definition) is 4. The molecule has 9 heteroatoms. The molecule has 0 radical (unpaired) electrons. The third-order valence-electron chi connectivity index (χ3n) is 2.33. The molecular formula is C10H9F3N4O2. The molecule has 0 atom stereocenters. The highest BCUT2D eigenvalue weighted by atomic mass is 19.4. The first kappa shape index (κ1) is 13.1. The number of rotatable bonds is 3. The number of hydrazine groups is 1. The Labute approximate surface area is 105 Å². The van der Waals surface area contributed by atoms with Crippen molar-refractivity contribution in [1.29, 1.82) is 0 Å². The van der Waals surface area contributed by atoms with Gasteiger partial charge in [-0.1, -0.05) is 0 Å². The fourth-order valence-corrected chi connectivity index (χ4v) is 1.42. The predicted molar refractivity (Wildman–Crippen MR) is 56.7 cm³/mol. The van der Waals surface area contributed by atoms with E-state index in [0.717, 1.165) is 23.3 Å². The summed E-state index contributed by atoms with van der Waals surface area (Å²) < 4.78 is 43.1. The lowest BCUT2D eigenvalue weighted by molar-refractivity contribution is -0.137. The van der Waals surface area contributed by atoms with Crippen LogP contribution in [0.5, 0.6) is 0 Å². The third kappa shape index (κ3) is 2.94. The fraction of sp³-hybridized carbons (Fsp3) is 0.200. The van der Waals surface area contributed by atoms with E-state index >= 15 is 0 Å². The van der Waals surface area contributed by atoms with E-state index < -0.39 is 17.6 Å². The van der Waals surface area contributed by atoms with E-state index in [4.69, 9.17) is 10.3 Å². The number of nitrogens with one attached hydrogen (secondary N) is 1. The molecule has 0 saturated carbocycles. The highest BCUT2D eigenvalue weighted by molar-refractivity contribution is 5.93. The predicted octanol–water partition coefficient (Wildman–Crippen LogP) is 1.15. The van der Waals surface area contributed by atoms with Crippen molar-refractivity contribution >= 4 is 5.91 Å². The SMILES string of the molecule is NNC(=O)c1coc(Cn2cc(C(F)(F)F)cn2)c1. The average molecular weight is 274 g/mol. The normalized spacial score (nSPS) is 11.6. The minimum absolute atomic E-state index is 0.0199. The average Bonchev–Trinajstić information content (AvgIpc) is 2.97. The monoisotopic (exact) mass is 274 g/mol. The second kappa shape index (κ2) is 4.76. The molecule has 0 bridgehead atoms. The van der Waals surface area contributed by atoms with E-state index in [9.17, 15) is 18.0 Å². The lowest BCUT2D eigenvalue weighted by Crippen LogP contribution is -2.29. The highest BCUT2D eigenvalue weighted by Crippen LogP contribution is 2.28. The van der Waals surface area contributed by atoms with E-state index in [0.29, 0.717) is 0 Å². The van der Waals surface area contributed by atoms with Gasteiger partial charge in [-0.25, -0.2) is 5.84 Å². The van der Waals surface area contributed by atoms with Crippen molar-refractivity contribution in [3.63, 3.8) is 0 Å². The van der Waals surface area contributed by atoms with Gasteiger partial charge in [0.2, 0.25) is 0 Å². The number of hydrogen-bond donors (Lipinski definition) is 2. The van der Waals surface area contributed by atoms with Crippen LogP contribution in [0.2, 0.25) is 0 Å². The molecule has 0 aromatic carbocycles. The van der Waals surface area contributed by atoms with Crippen molar-refractivity contribution in [3.8, 4) is 0 Å². The highest BCUT2D eigenvalue weighted by Gasteiger charge is 2.32. The lowest BCUT2D eigenvalue weighted by atomic mass is 10.3. The van der Waals surface area contributed by atoms with Crippen molar-refractivity contribution < 1.29 is 22.4 Å². The molecule has 0 fully saturated rings. The largest absolute Gasteiger partial charge is 0.467 e. The summed E-state index contributed by atoms with van der Waals surface area (Å²) in [5, 5.41) is 3.56. The van der Waals surface area contributed by atoms with Crippen molar-refractivity contribution in [2.24, 2.45) is 5.84 Å². The Hall–Kier alpha value is -2.29. The molecule has 0 aliphatic rings. The molecular weight excluding hydrogens is 265 g/mol. The number of nitrogens with zero attached hydrogens (tertiary/aromatic N) is 2. The van der Waals surface area contributed by atoms with Crippen LogP contribution in [0.1, 0.15) is 21.7 Å². The number of furan rings is 1. The zero-order valence-corrected chi connectivity index (χ0v) is 9.44. The second-order valence-electron chi connectivity index (χ2n) is 3.70. The second-order valence-corrected chi connectivity index (χ2v) is 3.70. The van der Waals surface area contributed by atoms with E-state index in [2.05, 4.69) is 5.10 Å². The van der Waals surface area contributed by atoms with Crippen LogP contribution in [-0.4, -0.2) is 15.7 Å². The summed E-state index contributed by atoms with van der Waals surface area (Å²) in [5.41, 5.74) is 1.25. The van der Waals surface area contributed by atoms with Gasteiger partial charge in [-0.3, -0.25) is 14.9 Å².